The van der Waals surface area contributed by atoms with E-state index in [9.17, 15) is 19.5 Å². The summed E-state index contributed by atoms with van der Waals surface area (Å²) in [5, 5.41) is 12.0. The fourth-order valence-corrected chi connectivity index (χ4v) is 4.82. The average Bonchev–Trinajstić information content (AvgIpc) is 2.63. The Bertz CT molecular complexity index is 853. The molecule has 0 saturated carbocycles. The van der Waals surface area contributed by atoms with E-state index in [1.807, 2.05) is 12.1 Å². The van der Waals surface area contributed by atoms with E-state index in [0.29, 0.717) is 59.6 Å². The molecule has 0 fully saturated rings. The summed E-state index contributed by atoms with van der Waals surface area (Å²) < 4.78 is 0. The number of rotatable bonds is 3. The van der Waals surface area contributed by atoms with Crippen molar-refractivity contribution in [3.05, 3.63) is 57.4 Å². The fraction of sp³-hybridized carbons (Fsp3) is 0.381. The van der Waals surface area contributed by atoms with Gasteiger partial charge in [0.2, 0.25) is 0 Å². The average molecular weight is 386 g/mol. The molecule has 27 heavy (non-hydrogen) atoms. The van der Waals surface area contributed by atoms with E-state index in [-0.39, 0.29) is 18.1 Å². The molecule has 0 bridgehead atoms. The largest absolute Gasteiger partial charge is 0.544 e. The van der Waals surface area contributed by atoms with Gasteiger partial charge in [0.1, 0.15) is 17.9 Å². The number of allylic oxidation sites excluding steroid dienone is 4. The van der Waals surface area contributed by atoms with Crippen LogP contribution in [-0.4, -0.2) is 24.1 Å². The third kappa shape index (κ3) is 3.15. The van der Waals surface area contributed by atoms with Gasteiger partial charge in [-0.1, -0.05) is 23.7 Å². The van der Waals surface area contributed by atoms with Gasteiger partial charge in [-0.05, 0) is 30.5 Å². The molecule has 1 aromatic carbocycles. The normalized spacial score (nSPS) is 25.4. The molecule has 6 heteroatoms. The molecule has 0 amide bonds. The second-order valence-electron chi connectivity index (χ2n) is 7.35. The number of carbonyl (C=O) groups is 3. The van der Waals surface area contributed by atoms with Crippen molar-refractivity contribution in [3.8, 4) is 0 Å². The zero-order valence-electron chi connectivity index (χ0n) is 14.8. The highest BCUT2D eigenvalue weighted by Gasteiger charge is 2.46. The van der Waals surface area contributed by atoms with E-state index in [4.69, 9.17) is 11.6 Å². The Morgan fingerprint density at radius 2 is 1.48 bits per heavy atom. The van der Waals surface area contributed by atoms with E-state index >= 15 is 0 Å². The molecule has 0 spiro atoms. The summed E-state index contributed by atoms with van der Waals surface area (Å²) in [6, 6.07) is 7.24. The summed E-state index contributed by atoms with van der Waals surface area (Å²) in [5.74, 6) is -1.57. The summed E-state index contributed by atoms with van der Waals surface area (Å²) in [7, 11) is 0. The zero-order valence-corrected chi connectivity index (χ0v) is 15.6. The van der Waals surface area contributed by atoms with Crippen LogP contribution >= 0.6 is 11.6 Å². The SMILES string of the molecule is O=C([O-])C[NH+]1C2=C(C(=O)CCC2)C(c2ccc(Cl)cc2)C2=C1CCCC2=O. The van der Waals surface area contributed by atoms with Gasteiger partial charge in [-0.25, -0.2) is 0 Å². The molecule has 0 atom stereocenters. The van der Waals surface area contributed by atoms with Gasteiger partial charge in [0.25, 0.3) is 0 Å². The first-order valence-corrected chi connectivity index (χ1v) is 9.69. The maximum Gasteiger partial charge on any atom is 0.165 e. The molecule has 0 aromatic heterocycles. The minimum Gasteiger partial charge on any atom is -0.544 e. The Hall–Kier alpha value is -2.24. The number of carboxylic acid groups (broad SMARTS) is 1. The van der Waals surface area contributed by atoms with Crippen molar-refractivity contribution in [2.45, 2.75) is 44.4 Å². The molecule has 0 radical (unpaired) electrons. The van der Waals surface area contributed by atoms with E-state index in [1.165, 1.54) is 0 Å². The van der Waals surface area contributed by atoms with Crippen LogP contribution < -0.4 is 10.0 Å². The zero-order chi connectivity index (χ0) is 19.1. The fourth-order valence-electron chi connectivity index (χ4n) is 4.70. The molecule has 1 N–H and O–H groups in total. The summed E-state index contributed by atoms with van der Waals surface area (Å²) >= 11 is 6.03. The molecule has 5 nitrogen and oxygen atoms in total. The molecule has 4 rings (SSSR count). The third-order valence-electron chi connectivity index (χ3n) is 5.74. The van der Waals surface area contributed by atoms with Crippen LogP contribution in [0.15, 0.2) is 46.8 Å². The van der Waals surface area contributed by atoms with Crippen molar-refractivity contribution in [1.29, 1.82) is 0 Å². The van der Waals surface area contributed by atoms with Crippen LogP contribution in [0.5, 0.6) is 0 Å². The first-order chi connectivity index (χ1) is 13.0. The molecule has 0 saturated heterocycles. The molecular weight excluding hydrogens is 366 g/mol. The van der Waals surface area contributed by atoms with Gasteiger partial charge in [0.15, 0.2) is 11.6 Å². The predicted molar refractivity (Wildman–Crippen MR) is 96.8 cm³/mol. The maximum absolute atomic E-state index is 12.9. The lowest BCUT2D eigenvalue weighted by atomic mass is 9.71. The van der Waals surface area contributed by atoms with Crippen molar-refractivity contribution < 1.29 is 24.4 Å². The Labute approximate surface area is 162 Å². The van der Waals surface area contributed by atoms with Gasteiger partial charge in [-0.15, -0.1) is 0 Å². The number of carbonyl (C=O) groups excluding carboxylic acids is 3. The van der Waals surface area contributed by atoms with Crippen LogP contribution in [0, 0.1) is 0 Å². The highest BCUT2D eigenvalue weighted by molar-refractivity contribution is 6.30. The van der Waals surface area contributed by atoms with Crippen molar-refractivity contribution in [3.63, 3.8) is 0 Å². The van der Waals surface area contributed by atoms with Crippen molar-refractivity contribution in [2.75, 3.05) is 6.54 Å². The number of Topliss-reactive ketones (excluding diaryl/α,β-unsaturated/α-hetero) is 2. The predicted octanol–water partition coefficient (Wildman–Crippen LogP) is 1.09. The minimum absolute atomic E-state index is 0.0111. The highest BCUT2D eigenvalue weighted by atomic mass is 35.5. The minimum atomic E-state index is -1.18. The van der Waals surface area contributed by atoms with Crippen LogP contribution in [0.3, 0.4) is 0 Å². The molecule has 1 aliphatic heterocycles. The maximum atomic E-state index is 12.9. The third-order valence-corrected chi connectivity index (χ3v) is 5.99. The molecule has 0 unspecified atom stereocenters. The first-order valence-electron chi connectivity index (χ1n) is 9.31. The number of hydrogen-bond donors (Lipinski definition) is 1. The van der Waals surface area contributed by atoms with E-state index in [1.54, 1.807) is 12.1 Å². The van der Waals surface area contributed by atoms with Crippen LogP contribution in [0.4, 0.5) is 0 Å². The standard InChI is InChI=1S/C21H20ClNO4/c22-13-9-7-12(8-10-13)19-20-14(3-1-5-16(20)24)23(11-18(26)27)15-4-2-6-17(25)21(15)19/h7-10,19H,1-6,11H2,(H,26,27). The van der Waals surface area contributed by atoms with Crippen molar-refractivity contribution in [2.24, 2.45) is 0 Å². The van der Waals surface area contributed by atoms with Gasteiger partial charge in [-0.2, -0.15) is 0 Å². The second-order valence-corrected chi connectivity index (χ2v) is 7.79. The van der Waals surface area contributed by atoms with Gasteiger partial charge < -0.3 is 9.90 Å². The molecule has 3 aliphatic rings. The summed E-state index contributed by atoms with van der Waals surface area (Å²) in [6.45, 7) is -0.244. The highest BCUT2D eigenvalue weighted by Crippen LogP contribution is 2.43. The molecule has 1 aromatic rings. The lowest BCUT2D eigenvalue weighted by Gasteiger charge is -2.39. The Balaban J connectivity index is 1.95. The topological polar surface area (TPSA) is 78.7 Å². The second kappa shape index (κ2) is 7.06. The number of ketones is 2. The van der Waals surface area contributed by atoms with Gasteiger partial charge in [-0.3, -0.25) is 14.5 Å². The number of quaternary nitrogens is 1. The summed E-state index contributed by atoms with van der Waals surface area (Å²) in [5.41, 5.74) is 3.72. The number of hydrogen-bond acceptors (Lipinski definition) is 4. The molecule has 2 aliphatic carbocycles. The number of benzene rings is 1. The Kier molecular flexibility index (Phi) is 4.74. The summed E-state index contributed by atoms with van der Waals surface area (Å²) in [6.07, 6.45) is 3.60. The molecule has 140 valence electrons. The van der Waals surface area contributed by atoms with E-state index in [0.717, 1.165) is 17.0 Å². The molecule has 1 heterocycles. The monoisotopic (exact) mass is 385 g/mol. The van der Waals surface area contributed by atoms with Gasteiger partial charge >= 0.3 is 0 Å². The van der Waals surface area contributed by atoms with Crippen molar-refractivity contribution in [1.82, 2.24) is 0 Å². The van der Waals surface area contributed by atoms with Crippen LogP contribution in [0.2, 0.25) is 5.02 Å². The van der Waals surface area contributed by atoms with Gasteiger partial charge in [0.05, 0.1) is 23.0 Å². The van der Waals surface area contributed by atoms with E-state index in [2.05, 4.69) is 0 Å². The van der Waals surface area contributed by atoms with Crippen LogP contribution in [-0.2, 0) is 14.4 Å². The number of halogens is 1. The van der Waals surface area contributed by atoms with Crippen LogP contribution in [0.1, 0.15) is 50.0 Å². The van der Waals surface area contributed by atoms with Gasteiger partial charge in [0, 0.05) is 30.7 Å². The Morgan fingerprint density at radius 3 is 1.96 bits per heavy atom. The Morgan fingerprint density at radius 1 is 0.963 bits per heavy atom. The number of carboxylic acids is 1. The molecular formula is C21H20ClNO4. The number of aliphatic carboxylic acids is 1. The summed E-state index contributed by atoms with van der Waals surface area (Å²) in [4.78, 5) is 37.8. The smallest absolute Gasteiger partial charge is 0.165 e. The lowest BCUT2D eigenvalue weighted by Crippen LogP contribution is -3.11. The first kappa shape index (κ1) is 18.1. The van der Waals surface area contributed by atoms with Crippen molar-refractivity contribution >= 4 is 29.1 Å². The number of nitrogens with one attached hydrogen (secondary N) is 1. The van der Waals surface area contributed by atoms with Crippen LogP contribution in [0.25, 0.3) is 0 Å². The van der Waals surface area contributed by atoms with E-state index < -0.39 is 11.9 Å². The lowest BCUT2D eigenvalue weighted by molar-refractivity contribution is -0.819. The quantitative estimate of drug-likeness (QED) is 0.844.